The Hall–Kier alpha value is -1.58. The fourth-order valence-electron chi connectivity index (χ4n) is 3.85. The summed E-state index contributed by atoms with van der Waals surface area (Å²) in [6, 6.07) is 3.46. The molecule has 0 aromatic heterocycles. The summed E-state index contributed by atoms with van der Waals surface area (Å²) in [7, 11) is 0. The van der Waals surface area contributed by atoms with Gasteiger partial charge in [0.05, 0.1) is 24.6 Å². The first-order valence-corrected chi connectivity index (χ1v) is 10.3. The van der Waals surface area contributed by atoms with Crippen LogP contribution in [0.3, 0.4) is 0 Å². The van der Waals surface area contributed by atoms with Gasteiger partial charge in [-0.15, -0.1) is 0 Å². The molecular weight excluding hydrogens is 428 g/mol. The van der Waals surface area contributed by atoms with Gasteiger partial charge >= 0.3 is 0 Å². The highest BCUT2D eigenvalue weighted by molar-refractivity contribution is 5.71. The summed E-state index contributed by atoms with van der Waals surface area (Å²) in [5.41, 5.74) is 2.55. The molecule has 10 N–H and O–H groups in total. The van der Waals surface area contributed by atoms with Crippen molar-refractivity contribution >= 4 is 11.4 Å². The van der Waals surface area contributed by atoms with Crippen molar-refractivity contribution in [1.82, 2.24) is 0 Å². The van der Waals surface area contributed by atoms with E-state index in [0.717, 1.165) is 11.1 Å². The van der Waals surface area contributed by atoms with Crippen molar-refractivity contribution in [2.24, 2.45) is 0 Å². The van der Waals surface area contributed by atoms with Crippen LogP contribution in [-0.4, -0.2) is 115 Å². The molecule has 0 unspecified atom stereocenters. The molecule has 0 aliphatic carbocycles. The van der Waals surface area contributed by atoms with Crippen molar-refractivity contribution < 1.29 is 50.3 Å². The second kappa shape index (κ2) is 10.1. The van der Waals surface area contributed by atoms with Gasteiger partial charge in [0.15, 0.2) is 12.5 Å². The van der Waals surface area contributed by atoms with Crippen LogP contribution in [0.4, 0.5) is 11.4 Å². The summed E-state index contributed by atoms with van der Waals surface area (Å²) in [4.78, 5) is 0. The third kappa shape index (κ3) is 4.84. The molecule has 12 heteroatoms. The first-order valence-electron chi connectivity index (χ1n) is 10.3. The SMILES string of the molecule is Cc1cc(N[C@@H]2O[C@H]([C@H](O)CO)[C@H](O)[C@H]2O)c(N[C@H]2O[C@@H]([C@@H](O)CO)[C@@H](O)[C@@H]2O)cc1C. The lowest BCUT2D eigenvalue weighted by molar-refractivity contribution is -0.0776. The predicted octanol–water partition coefficient (Wildman–Crippen LogP) is -3.27. The van der Waals surface area contributed by atoms with Crippen LogP contribution < -0.4 is 10.6 Å². The highest BCUT2D eigenvalue weighted by Crippen LogP contribution is 2.33. The van der Waals surface area contributed by atoms with E-state index in [1.54, 1.807) is 12.1 Å². The molecule has 0 amide bonds. The number of nitrogens with one attached hydrogen (secondary N) is 2. The van der Waals surface area contributed by atoms with Gasteiger partial charge in [0.25, 0.3) is 0 Å². The van der Waals surface area contributed by atoms with E-state index in [1.165, 1.54) is 0 Å². The number of hydrogen-bond donors (Lipinski definition) is 10. The largest absolute Gasteiger partial charge is 0.394 e. The molecule has 2 heterocycles. The summed E-state index contributed by atoms with van der Waals surface area (Å²) in [5, 5.41) is 84.7. The van der Waals surface area contributed by atoms with Crippen LogP contribution in [0.5, 0.6) is 0 Å². The van der Waals surface area contributed by atoms with Gasteiger partial charge in [-0.25, -0.2) is 0 Å². The van der Waals surface area contributed by atoms with Crippen LogP contribution >= 0.6 is 0 Å². The van der Waals surface area contributed by atoms with E-state index in [2.05, 4.69) is 10.6 Å². The summed E-state index contributed by atoms with van der Waals surface area (Å²) in [5.74, 6) is 0. The predicted molar refractivity (Wildman–Crippen MR) is 111 cm³/mol. The Balaban J connectivity index is 1.81. The van der Waals surface area contributed by atoms with Gasteiger partial charge in [-0.2, -0.15) is 0 Å². The van der Waals surface area contributed by atoms with Crippen molar-refractivity contribution in [2.45, 2.75) is 75.1 Å². The van der Waals surface area contributed by atoms with Gasteiger partial charge in [0, 0.05) is 0 Å². The Morgan fingerprint density at radius 3 is 1.38 bits per heavy atom. The molecule has 0 bridgehead atoms. The number of hydrogen-bond acceptors (Lipinski definition) is 12. The quantitative estimate of drug-likeness (QED) is 0.186. The lowest BCUT2D eigenvalue weighted by atomic mass is 10.0. The number of aliphatic hydroxyl groups excluding tert-OH is 8. The molecule has 2 aliphatic rings. The first-order chi connectivity index (χ1) is 15.1. The van der Waals surface area contributed by atoms with Crippen molar-refractivity contribution in [1.29, 1.82) is 0 Å². The van der Waals surface area contributed by atoms with E-state index in [1.807, 2.05) is 13.8 Å². The lowest BCUT2D eigenvalue weighted by Crippen LogP contribution is -2.41. The number of ether oxygens (including phenoxy) is 2. The van der Waals surface area contributed by atoms with Crippen LogP contribution in [0.1, 0.15) is 11.1 Å². The van der Waals surface area contributed by atoms with Crippen molar-refractivity contribution in [3.05, 3.63) is 23.3 Å². The smallest absolute Gasteiger partial charge is 0.157 e. The van der Waals surface area contributed by atoms with Crippen molar-refractivity contribution in [2.75, 3.05) is 23.8 Å². The van der Waals surface area contributed by atoms with Gasteiger partial charge < -0.3 is 61.0 Å². The van der Waals surface area contributed by atoms with Crippen LogP contribution in [0.2, 0.25) is 0 Å². The minimum atomic E-state index is -1.44. The number of aliphatic hydroxyl groups is 8. The molecule has 0 spiro atoms. The number of anilines is 2. The van der Waals surface area contributed by atoms with Gasteiger partial charge in [0.2, 0.25) is 0 Å². The van der Waals surface area contributed by atoms with E-state index in [-0.39, 0.29) is 0 Å². The molecule has 1 aromatic carbocycles. The molecule has 0 radical (unpaired) electrons. The molecule has 32 heavy (non-hydrogen) atoms. The Morgan fingerprint density at radius 1 is 0.719 bits per heavy atom. The van der Waals surface area contributed by atoms with E-state index in [4.69, 9.17) is 19.7 Å². The molecule has 10 atom stereocenters. The van der Waals surface area contributed by atoms with E-state index >= 15 is 0 Å². The lowest BCUT2D eigenvalue weighted by Gasteiger charge is -2.25. The zero-order valence-electron chi connectivity index (χ0n) is 17.7. The maximum absolute atomic E-state index is 10.3. The monoisotopic (exact) mass is 460 g/mol. The summed E-state index contributed by atoms with van der Waals surface area (Å²) in [6.45, 7) is 2.39. The molecular formula is C20H32N2O10. The fourth-order valence-corrected chi connectivity index (χ4v) is 3.85. The van der Waals surface area contributed by atoms with Gasteiger partial charge in [0.1, 0.15) is 48.8 Å². The molecule has 2 aliphatic heterocycles. The standard InChI is InChI=1S/C20H32N2O10/c1-7-3-9(21-19-15(29)13(27)17(31-19)11(25)5-23)10(4-8(7)2)22-20-16(30)14(28)18(32-20)12(26)6-24/h3-4,11-30H,5-6H2,1-2H3/t11-,12+,13-,14+,15-,16+,17-,18+,19-,20+. The second-order valence-electron chi connectivity index (χ2n) is 8.28. The van der Waals surface area contributed by atoms with E-state index < -0.39 is 74.5 Å². The van der Waals surface area contributed by atoms with Crippen LogP contribution in [0.25, 0.3) is 0 Å². The molecule has 1 aromatic rings. The molecule has 2 saturated heterocycles. The Kier molecular flexibility index (Phi) is 7.93. The zero-order chi connectivity index (χ0) is 23.7. The number of aryl methyl sites for hydroxylation is 2. The van der Waals surface area contributed by atoms with Gasteiger partial charge in [-0.3, -0.25) is 0 Å². The zero-order valence-corrected chi connectivity index (χ0v) is 17.7. The van der Waals surface area contributed by atoms with Crippen LogP contribution in [0, 0.1) is 13.8 Å². The van der Waals surface area contributed by atoms with E-state index in [0.29, 0.717) is 11.4 Å². The second-order valence-corrected chi connectivity index (χ2v) is 8.28. The van der Waals surface area contributed by atoms with Crippen LogP contribution in [0.15, 0.2) is 12.1 Å². The molecule has 182 valence electrons. The van der Waals surface area contributed by atoms with Crippen LogP contribution in [-0.2, 0) is 9.47 Å². The molecule has 0 saturated carbocycles. The number of benzene rings is 1. The Morgan fingerprint density at radius 2 is 1.06 bits per heavy atom. The summed E-state index contributed by atoms with van der Waals surface area (Å²) in [6.07, 6.45) is -13.1. The van der Waals surface area contributed by atoms with Gasteiger partial charge in [-0.1, -0.05) is 0 Å². The number of rotatable bonds is 8. The third-order valence-corrected chi connectivity index (χ3v) is 5.96. The third-order valence-electron chi connectivity index (χ3n) is 5.96. The average molecular weight is 460 g/mol. The normalized spacial score (nSPS) is 36.8. The van der Waals surface area contributed by atoms with E-state index in [9.17, 15) is 30.6 Å². The Labute approximate surface area is 184 Å². The molecule has 2 fully saturated rings. The minimum Gasteiger partial charge on any atom is -0.394 e. The minimum absolute atomic E-state index is 0.403. The Bertz CT molecular complexity index is 720. The summed E-state index contributed by atoms with van der Waals surface area (Å²) < 4.78 is 11.0. The van der Waals surface area contributed by atoms with Crippen molar-refractivity contribution in [3.8, 4) is 0 Å². The molecule has 3 rings (SSSR count). The fraction of sp³-hybridized carbons (Fsp3) is 0.700. The topological polar surface area (TPSA) is 204 Å². The maximum Gasteiger partial charge on any atom is 0.157 e. The van der Waals surface area contributed by atoms with Crippen molar-refractivity contribution in [3.63, 3.8) is 0 Å². The van der Waals surface area contributed by atoms with Gasteiger partial charge in [-0.05, 0) is 37.1 Å². The highest BCUT2D eigenvalue weighted by Gasteiger charge is 2.47. The first kappa shape index (κ1) is 25.1. The maximum atomic E-state index is 10.3. The molecule has 12 nitrogen and oxygen atoms in total. The highest BCUT2D eigenvalue weighted by atomic mass is 16.6. The average Bonchev–Trinajstić information content (AvgIpc) is 3.21. The summed E-state index contributed by atoms with van der Waals surface area (Å²) >= 11 is 0.